The predicted molar refractivity (Wildman–Crippen MR) is 58.7 cm³/mol. The molecule has 1 heteroatoms. The molecule has 0 fully saturated rings. The maximum absolute atomic E-state index is 9.73. The third-order valence-corrected chi connectivity index (χ3v) is 2.33. The molecule has 0 rings (SSSR count). The monoisotopic (exact) mass is 184 g/mol. The maximum Gasteiger partial charge on any atom is 0.0588 e. The standard InChI is InChI=1S/C12H24O/c1-10(2)8-6-7-9-11(13)12(3,4)5/h11,13H,1,6-9H2,2-5H3. The normalized spacial score (nSPS) is 14.2. The number of allylic oxidation sites excluding steroid dienone is 1. The second-order valence-electron chi connectivity index (χ2n) is 5.08. The molecule has 0 aliphatic rings. The SMILES string of the molecule is C=C(C)CCCCC(O)C(C)(C)C. The summed E-state index contributed by atoms with van der Waals surface area (Å²) in [6.07, 6.45) is 4.10. The summed E-state index contributed by atoms with van der Waals surface area (Å²) in [5.74, 6) is 0. The molecule has 0 spiro atoms. The fraction of sp³-hybridized carbons (Fsp3) is 0.833. The Kier molecular flexibility index (Phi) is 5.31. The van der Waals surface area contributed by atoms with Crippen LogP contribution in [0.25, 0.3) is 0 Å². The second kappa shape index (κ2) is 5.43. The second-order valence-corrected chi connectivity index (χ2v) is 5.08. The van der Waals surface area contributed by atoms with E-state index in [4.69, 9.17) is 0 Å². The lowest BCUT2D eigenvalue weighted by Crippen LogP contribution is -2.25. The van der Waals surface area contributed by atoms with E-state index in [-0.39, 0.29) is 11.5 Å². The Bertz CT molecular complexity index is 153. The molecule has 0 aromatic rings. The Morgan fingerprint density at radius 2 is 1.85 bits per heavy atom. The van der Waals surface area contributed by atoms with Crippen LogP contribution in [-0.4, -0.2) is 11.2 Å². The summed E-state index contributed by atoms with van der Waals surface area (Å²) in [7, 11) is 0. The molecule has 1 nitrogen and oxygen atoms in total. The lowest BCUT2D eigenvalue weighted by atomic mass is 9.86. The van der Waals surface area contributed by atoms with Crippen molar-refractivity contribution in [1.82, 2.24) is 0 Å². The van der Waals surface area contributed by atoms with Crippen molar-refractivity contribution in [3.05, 3.63) is 12.2 Å². The lowest BCUT2D eigenvalue weighted by molar-refractivity contribution is 0.0535. The van der Waals surface area contributed by atoms with Gasteiger partial charge < -0.3 is 5.11 Å². The summed E-state index contributed by atoms with van der Waals surface area (Å²) in [4.78, 5) is 0. The average molecular weight is 184 g/mol. The zero-order valence-electron chi connectivity index (χ0n) is 9.56. The zero-order valence-corrected chi connectivity index (χ0v) is 9.56. The van der Waals surface area contributed by atoms with E-state index in [9.17, 15) is 5.11 Å². The molecule has 0 aromatic carbocycles. The zero-order chi connectivity index (χ0) is 10.5. The van der Waals surface area contributed by atoms with Crippen LogP contribution in [0.4, 0.5) is 0 Å². The smallest absolute Gasteiger partial charge is 0.0588 e. The van der Waals surface area contributed by atoms with Gasteiger partial charge in [-0.2, -0.15) is 0 Å². The fourth-order valence-electron chi connectivity index (χ4n) is 1.20. The van der Waals surface area contributed by atoms with Gasteiger partial charge in [0.2, 0.25) is 0 Å². The van der Waals surface area contributed by atoms with Gasteiger partial charge in [-0.25, -0.2) is 0 Å². The maximum atomic E-state index is 9.73. The minimum atomic E-state index is -0.169. The molecule has 78 valence electrons. The highest BCUT2D eigenvalue weighted by Gasteiger charge is 2.20. The molecule has 0 aromatic heterocycles. The predicted octanol–water partition coefficient (Wildman–Crippen LogP) is 3.53. The van der Waals surface area contributed by atoms with Gasteiger partial charge in [-0.05, 0) is 31.6 Å². The third kappa shape index (κ3) is 6.83. The first-order chi connectivity index (χ1) is 5.84. The van der Waals surface area contributed by atoms with Crippen LogP contribution in [0.15, 0.2) is 12.2 Å². The van der Waals surface area contributed by atoms with Gasteiger partial charge in [-0.15, -0.1) is 6.58 Å². The number of unbranched alkanes of at least 4 members (excludes halogenated alkanes) is 1. The first-order valence-electron chi connectivity index (χ1n) is 5.16. The van der Waals surface area contributed by atoms with Crippen LogP contribution in [0.1, 0.15) is 53.4 Å². The van der Waals surface area contributed by atoms with E-state index in [2.05, 4.69) is 34.3 Å². The van der Waals surface area contributed by atoms with Crippen LogP contribution in [0.3, 0.4) is 0 Å². The topological polar surface area (TPSA) is 20.2 Å². The van der Waals surface area contributed by atoms with Crippen LogP contribution in [0.2, 0.25) is 0 Å². The molecule has 0 radical (unpaired) electrons. The minimum Gasteiger partial charge on any atom is -0.393 e. The average Bonchev–Trinajstić information content (AvgIpc) is 1.95. The molecular formula is C12H24O. The van der Waals surface area contributed by atoms with E-state index in [1.54, 1.807) is 0 Å². The number of hydrogen-bond acceptors (Lipinski definition) is 1. The Hall–Kier alpha value is -0.300. The third-order valence-electron chi connectivity index (χ3n) is 2.33. The van der Waals surface area contributed by atoms with Crippen LogP contribution >= 0.6 is 0 Å². The van der Waals surface area contributed by atoms with Gasteiger partial charge in [-0.3, -0.25) is 0 Å². The molecule has 0 bridgehead atoms. The van der Waals surface area contributed by atoms with Gasteiger partial charge >= 0.3 is 0 Å². The van der Waals surface area contributed by atoms with Gasteiger partial charge in [-0.1, -0.05) is 32.8 Å². The molecule has 1 N–H and O–H groups in total. The van der Waals surface area contributed by atoms with Gasteiger partial charge in [0.15, 0.2) is 0 Å². The van der Waals surface area contributed by atoms with Crippen LogP contribution in [0, 0.1) is 5.41 Å². The van der Waals surface area contributed by atoms with E-state index in [1.807, 2.05) is 0 Å². The van der Waals surface area contributed by atoms with E-state index in [0.29, 0.717) is 0 Å². The van der Waals surface area contributed by atoms with E-state index in [0.717, 1.165) is 25.7 Å². The highest BCUT2D eigenvalue weighted by Crippen LogP contribution is 2.23. The van der Waals surface area contributed by atoms with Crippen molar-refractivity contribution < 1.29 is 5.11 Å². The Balaban J connectivity index is 3.49. The van der Waals surface area contributed by atoms with Crippen molar-refractivity contribution in [2.24, 2.45) is 5.41 Å². The summed E-state index contributed by atoms with van der Waals surface area (Å²) in [5, 5.41) is 9.73. The number of aliphatic hydroxyl groups is 1. The molecule has 0 saturated carbocycles. The van der Waals surface area contributed by atoms with Crippen molar-refractivity contribution in [1.29, 1.82) is 0 Å². The van der Waals surface area contributed by atoms with E-state index < -0.39 is 0 Å². The minimum absolute atomic E-state index is 0.0310. The van der Waals surface area contributed by atoms with Crippen LogP contribution in [0.5, 0.6) is 0 Å². The highest BCUT2D eigenvalue weighted by atomic mass is 16.3. The molecule has 13 heavy (non-hydrogen) atoms. The highest BCUT2D eigenvalue weighted by molar-refractivity contribution is 4.87. The Morgan fingerprint density at radius 3 is 2.23 bits per heavy atom. The van der Waals surface area contributed by atoms with Crippen molar-refractivity contribution in [3.8, 4) is 0 Å². The lowest BCUT2D eigenvalue weighted by Gasteiger charge is -2.25. The van der Waals surface area contributed by atoms with E-state index >= 15 is 0 Å². The quantitative estimate of drug-likeness (QED) is 0.512. The summed E-state index contributed by atoms with van der Waals surface area (Å²) in [6, 6.07) is 0. The fourth-order valence-corrected chi connectivity index (χ4v) is 1.20. The largest absolute Gasteiger partial charge is 0.393 e. The summed E-state index contributed by atoms with van der Waals surface area (Å²) in [5.41, 5.74) is 1.27. The molecule has 1 atom stereocenters. The molecule has 0 heterocycles. The van der Waals surface area contributed by atoms with Gasteiger partial charge in [0.25, 0.3) is 0 Å². The Morgan fingerprint density at radius 1 is 1.31 bits per heavy atom. The van der Waals surface area contributed by atoms with E-state index in [1.165, 1.54) is 5.57 Å². The van der Waals surface area contributed by atoms with Gasteiger partial charge in [0.1, 0.15) is 0 Å². The Labute approximate surface area is 82.9 Å². The van der Waals surface area contributed by atoms with Crippen LogP contribution in [-0.2, 0) is 0 Å². The first-order valence-corrected chi connectivity index (χ1v) is 5.16. The number of rotatable bonds is 5. The molecule has 0 aliphatic heterocycles. The van der Waals surface area contributed by atoms with Crippen molar-refractivity contribution in [2.75, 3.05) is 0 Å². The number of aliphatic hydroxyl groups excluding tert-OH is 1. The molecule has 0 amide bonds. The van der Waals surface area contributed by atoms with Crippen molar-refractivity contribution in [3.63, 3.8) is 0 Å². The van der Waals surface area contributed by atoms with Crippen molar-refractivity contribution >= 4 is 0 Å². The van der Waals surface area contributed by atoms with Gasteiger partial charge in [0.05, 0.1) is 6.10 Å². The summed E-state index contributed by atoms with van der Waals surface area (Å²) in [6.45, 7) is 12.2. The summed E-state index contributed by atoms with van der Waals surface area (Å²) >= 11 is 0. The summed E-state index contributed by atoms with van der Waals surface area (Å²) < 4.78 is 0. The number of hydrogen-bond donors (Lipinski definition) is 1. The van der Waals surface area contributed by atoms with Crippen LogP contribution < -0.4 is 0 Å². The molecule has 0 saturated heterocycles. The van der Waals surface area contributed by atoms with Gasteiger partial charge in [0, 0.05) is 0 Å². The molecular weight excluding hydrogens is 160 g/mol. The molecule has 1 unspecified atom stereocenters. The van der Waals surface area contributed by atoms with Crippen molar-refractivity contribution in [2.45, 2.75) is 59.5 Å². The molecule has 0 aliphatic carbocycles. The first kappa shape index (κ1) is 12.7.